The number of hydrogen-bond donors (Lipinski definition) is 1. The summed E-state index contributed by atoms with van der Waals surface area (Å²) < 4.78 is 38.4. The largest absolute Gasteiger partial charge is 0.346 e. The fraction of sp³-hybridized carbons (Fsp3) is 0.316. The monoisotopic (exact) mass is 376 g/mol. The van der Waals surface area contributed by atoms with Crippen LogP contribution in [0.25, 0.3) is 0 Å². The molecular formula is C19H21FN2O3S. The Balaban J connectivity index is 1.80. The van der Waals surface area contributed by atoms with E-state index in [1.807, 2.05) is 13.8 Å². The van der Waals surface area contributed by atoms with Gasteiger partial charge in [0, 0.05) is 11.6 Å². The van der Waals surface area contributed by atoms with E-state index in [2.05, 4.69) is 5.32 Å². The number of carbonyl (C=O) groups is 1. The second kappa shape index (κ2) is 6.72. The van der Waals surface area contributed by atoms with Crippen molar-refractivity contribution < 1.29 is 17.6 Å². The molecule has 2 aromatic carbocycles. The summed E-state index contributed by atoms with van der Waals surface area (Å²) >= 11 is 0. The molecule has 0 radical (unpaired) electrons. The smallest absolute Gasteiger partial charge is 0.251 e. The number of nitrogens with one attached hydrogen (secondary N) is 1. The highest BCUT2D eigenvalue weighted by Crippen LogP contribution is 2.34. The molecule has 0 fully saturated rings. The molecule has 1 N–H and O–H groups in total. The summed E-state index contributed by atoms with van der Waals surface area (Å²) in [5.41, 5.74) is 2.74. The van der Waals surface area contributed by atoms with Gasteiger partial charge < -0.3 is 5.32 Å². The van der Waals surface area contributed by atoms with Gasteiger partial charge in [0.05, 0.1) is 18.0 Å². The van der Waals surface area contributed by atoms with Gasteiger partial charge in [-0.25, -0.2) is 12.8 Å². The van der Waals surface area contributed by atoms with E-state index in [1.165, 1.54) is 22.7 Å². The van der Waals surface area contributed by atoms with Crippen LogP contribution in [0.4, 0.5) is 10.1 Å². The fourth-order valence-corrected chi connectivity index (χ4v) is 4.63. The fourth-order valence-electron chi connectivity index (χ4n) is 3.36. The van der Waals surface area contributed by atoms with Crippen LogP contribution in [0, 0.1) is 5.82 Å². The first-order valence-corrected chi connectivity index (χ1v) is 10.2. The molecule has 2 aromatic rings. The highest BCUT2D eigenvalue weighted by atomic mass is 32.2. The zero-order valence-electron chi connectivity index (χ0n) is 14.9. The molecule has 0 saturated heterocycles. The summed E-state index contributed by atoms with van der Waals surface area (Å²) in [5, 5.41) is 2.88. The maximum absolute atomic E-state index is 13.0. The van der Waals surface area contributed by atoms with Crippen molar-refractivity contribution in [3.8, 4) is 0 Å². The Labute approximate surface area is 152 Å². The van der Waals surface area contributed by atoms with Gasteiger partial charge in [0.15, 0.2) is 0 Å². The number of hydrogen-bond acceptors (Lipinski definition) is 3. The van der Waals surface area contributed by atoms with E-state index in [1.54, 1.807) is 30.3 Å². The van der Waals surface area contributed by atoms with Crippen LogP contribution in [-0.2, 0) is 16.4 Å². The van der Waals surface area contributed by atoms with Gasteiger partial charge in [0.1, 0.15) is 5.82 Å². The van der Waals surface area contributed by atoms with E-state index in [4.69, 9.17) is 0 Å². The third-order valence-corrected chi connectivity index (χ3v) is 5.84. The van der Waals surface area contributed by atoms with Crippen molar-refractivity contribution in [2.24, 2.45) is 0 Å². The van der Waals surface area contributed by atoms with Crippen LogP contribution in [0.5, 0.6) is 0 Å². The molecule has 2 atom stereocenters. The zero-order chi connectivity index (χ0) is 19.1. The topological polar surface area (TPSA) is 66.5 Å². The number of amides is 1. The zero-order valence-corrected chi connectivity index (χ0v) is 15.7. The number of benzene rings is 2. The minimum Gasteiger partial charge on any atom is -0.346 e. The maximum Gasteiger partial charge on any atom is 0.251 e. The Morgan fingerprint density at radius 3 is 2.50 bits per heavy atom. The summed E-state index contributed by atoms with van der Waals surface area (Å²) in [6, 6.07) is 10.6. The lowest BCUT2D eigenvalue weighted by atomic mass is 10.0. The maximum atomic E-state index is 13.0. The average Bonchev–Trinajstić information content (AvgIpc) is 2.90. The average molecular weight is 376 g/mol. The van der Waals surface area contributed by atoms with Crippen LogP contribution in [0.2, 0.25) is 0 Å². The lowest BCUT2D eigenvalue weighted by Gasteiger charge is -2.22. The van der Waals surface area contributed by atoms with Crippen molar-refractivity contribution in [2.45, 2.75) is 32.4 Å². The van der Waals surface area contributed by atoms with E-state index in [-0.39, 0.29) is 23.8 Å². The third-order valence-electron chi connectivity index (χ3n) is 4.57. The molecule has 26 heavy (non-hydrogen) atoms. The van der Waals surface area contributed by atoms with E-state index in [9.17, 15) is 17.6 Å². The highest BCUT2D eigenvalue weighted by Gasteiger charge is 2.32. The number of fused-ring (bicyclic) bond motifs is 1. The van der Waals surface area contributed by atoms with Gasteiger partial charge in [-0.2, -0.15) is 0 Å². The molecule has 0 bridgehead atoms. The number of nitrogens with zero attached hydrogens (tertiary/aromatic N) is 1. The lowest BCUT2D eigenvalue weighted by Crippen LogP contribution is -2.34. The van der Waals surface area contributed by atoms with Crippen molar-refractivity contribution in [3.63, 3.8) is 0 Å². The predicted octanol–water partition coefficient (Wildman–Crippen LogP) is 3.03. The highest BCUT2D eigenvalue weighted by molar-refractivity contribution is 7.92. The van der Waals surface area contributed by atoms with E-state index >= 15 is 0 Å². The molecule has 0 unspecified atom stereocenters. The van der Waals surface area contributed by atoms with Crippen molar-refractivity contribution in [1.82, 2.24) is 5.32 Å². The quantitative estimate of drug-likeness (QED) is 0.892. The number of sulfonamides is 1. The van der Waals surface area contributed by atoms with Crippen LogP contribution in [0.15, 0.2) is 42.5 Å². The molecule has 0 saturated carbocycles. The van der Waals surface area contributed by atoms with Crippen molar-refractivity contribution in [2.75, 3.05) is 10.6 Å². The van der Waals surface area contributed by atoms with Gasteiger partial charge in [-0.1, -0.05) is 12.1 Å². The van der Waals surface area contributed by atoms with Crippen LogP contribution >= 0.6 is 0 Å². The summed E-state index contributed by atoms with van der Waals surface area (Å²) in [5.74, 6) is -0.578. The van der Waals surface area contributed by atoms with E-state index < -0.39 is 10.0 Å². The van der Waals surface area contributed by atoms with Crippen LogP contribution in [0.1, 0.15) is 41.4 Å². The standard InChI is InChI=1S/C19H21FN2O3S/c1-12-10-16-11-15(6-9-18(16)22(12)26(3,24)25)19(23)21-13(2)14-4-7-17(20)8-5-14/h4-9,11-13H,10H2,1-3H3,(H,21,23)/t12-,13-/m0/s1. The molecule has 0 aromatic heterocycles. The predicted molar refractivity (Wildman–Crippen MR) is 99.2 cm³/mol. The van der Waals surface area contributed by atoms with E-state index in [0.29, 0.717) is 17.7 Å². The second-order valence-electron chi connectivity index (χ2n) is 6.70. The minimum absolute atomic E-state index is 0.170. The first kappa shape index (κ1) is 18.4. The number of rotatable bonds is 4. The van der Waals surface area contributed by atoms with Crippen LogP contribution in [0.3, 0.4) is 0 Å². The van der Waals surface area contributed by atoms with Crippen molar-refractivity contribution in [1.29, 1.82) is 0 Å². The summed E-state index contributed by atoms with van der Waals surface area (Å²) in [6.45, 7) is 3.67. The number of anilines is 1. The summed E-state index contributed by atoms with van der Waals surface area (Å²) in [7, 11) is -3.35. The van der Waals surface area contributed by atoms with Gasteiger partial charge in [-0.05, 0) is 61.7 Å². The Morgan fingerprint density at radius 1 is 1.23 bits per heavy atom. The summed E-state index contributed by atoms with van der Waals surface area (Å²) in [6.07, 6.45) is 1.75. The Kier molecular flexibility index (Phi) is 4.75. The normalized spacial score (nSPS) is 17.7. The van der Waals surface area contributed by atoms with Crippen LogP contribution in [-0.4, -0.2) is 26.6 Å². The molecule has 7 heteroatoms. The van der Waals surface area contributed by atoms with Gasteiger partial charge >= 0.3 is 0 Å². The molecule has 1 aliphatic rings. The van der Waals surface area contributed by atoms with Gasteiger partial charge in [0.25, 0.3) is 5.91 Å². The molecule has 3 rings (SSSR count). The second-order valence-corrected chi connectivity index (χ2v) is 8.56. The molecule has 5 nitrogen and oxygen atoms in total. The summed E-state index contributed by atoms with van der Waals surface area (Å²) in [4.78, 5) is 12.5. The minimum atomic E-state index is -3.35. The molecule has 0 aliphatic carbocycles. The van der Waals surface area contributed by atoms with Crippen molar-refractivity contribution >= 4 is 21.6 Å². The SMILES string of the molecule is C[C@H](NC(=O)c1ccc2c(c1)C[C@H](C)N2S(C)(=O)=O)c1ccc(F)cc1. The molecule has 1 aliphatic heterocycles. The van der Waals surface area contributed by atoms with E-state index in [0.717, 1.165) is 11.1 Å². The molecular weight excluding hydrogens is 355 g/mol. The lowest BCUT2D eigenvalue weighted by molar-refractivity contribution is 0.0940. The Hall–Kier alpha value is -2.41. The third kappa shape index (κ3) is 3.58. The Morgan fingerprint density at radius 2 is 1.88 bits per heavy atom. The first-order valence-electron chi connectivity index (χ1n) is 8.35. The Bertz CT molecular complexity index is 942. The van der Waals surface area contributed by atoms with Crippen LogP contribution < -0.4 is 9.62 Å². The first-order chi connectivity index (χ1) is 12.2. The van der Waals surface area contributed by atoms with Gasteiger partial charge in [-0.3, -0.25) is 9.10 Å². The number of carbonyl (C=O) groups excluding carboxylic acids is 1. The van der Waals surface area contributed by atoms with Gasteiger partial charge in [-0.15, -0.1) is 0 Å². The molecule has 1 heterocycles. The van der Waals surface area contributed by atoms with Gasteiger partial charge in [0.2, 0.25) is 10.0 Å². The molecule has 0 spiro atoms. The van der Waals surface area contributed by atoms with Crippen molar-refractivity contribution in [3.05, 3.63) is 65.0 Å². The number of halogens is 1. The molecule has 138 valence electrons. The molecule has 1 amide bonds.